The third kappa shape index (κ3) is 2.42. The Kier molecular flexibility index (Phi) is 3.56. The van der Waals surface area contributed by atoms with Crippen LogP contribution in [0.25, 0.3) is 0 Å². The molecule has 0 spiro atoms. The van der Waals surface area contributed by atoms with Crippen LogP contribution in [0.5, 0.6) is 5.75 Å². The highest BCUT2D eigenvalue weighted by Gasteiger charge is 2.07. The first-order valence-corrected chi connectivity index (χ1v) is 6.15. The number of benzene rings is 2. The third-order valence-electron chi connectivity index (χ3n) is 2.42. The lowest BCUT2D eigenvalue weighted by Gasteiger charge is -2.08. The van der Waals surface area contributed by atoms with Gasteiger partial charge in [0, 0.05) is 4.90 Å². The standard InChI is InChI=1S/C13H11BrOS/c14-12-11(15)7-6-10(13(12)16)8-9-4-2-1-3-5-9/h1-7,15-16H,8H2. The van der Waals surface area contributed by atoms with Gasteiger partial charge in [0.1, 0.15) is 5.75 Å². The largest absolute Gasteiger partial charge is 0.507 e. The Morgan fingerprint density at radius 2 is 1.75 bits per heavy atom. The minimum atomic E-state index is 0.224. The predicted octanol–water partition coefficient (Wildman–Crippen LogP) is 4.03. The van der Waals surface area contributed by atoms with E-state index in [4.69, 9.17) is 0 Å². The molecule has 0 aliphatic heterocycles. The van der Waals surface area contributed by atoms with E-state index in [1.165, 1.54) is 5.56 Å². The van der Waals surface area contributed by atoms with Crippen LogP contribution in [0.1, 0.15) is 11.1 Å². The van der Waals surface area contributed by atoms with Crippen molar-refractivity contribution >= 4 is 28.6 Å². The molecule has 2 aromatic carbocycles. The molecule has 0 unspecified atom stereocenters. The summed E-state index contributed by atoms with van der Waals surface area (Å²) in [5.41, 5.74) is 2.33. The third-order valence-corrected chi connectivity index (χ3v) is 4.04. The van der Waals surface area contributed by atoms with Crippen molar-refractivity contribution in [1.29, 1.82) is 0 Å². The number of hydrogen-bond acceptors (Lipinski definition) is 2. The number of hydrogen-bond donors (Lipinski definition) is 2. The second kappa shape index (κ2) is 4.93. The minimum absolute atomic E-state index is 0.224. The molecule has 3 heteroatoms. The molecular formula is C13H11BrOS. The van der Waals surface area contributed by atoms with E-state index in [9.17, 15) is 5.11 Å². The summed E-state index contributed by atoms with van der Waals surface area (Å²) in [6, 6.07) is 13.8. The van der Waals surface area contributed by atoms with E-state index in [-0.39, 0.29) is 5.75 Å². The van der Waals surface area contributed by atoms with Crippen LogP contribution in [0, 0.1) is 0 Å². The first-order chi connectivity index (χ1) is 7.68. The molecule has 0 saturated carbocycles. The van der Waals surface area contributed by atoms with Gasteiger partial charge in [0.2, 0.25) is 0 Å². The van der Waals surface area contributed by atoms with Crippen molar-refractivity contribution in [3.05, 3.63) is 58.1 Å². The van der Waals surface area contributed by atoms with Crippen LogP contribution in [0.2, 0.25) is 0 Å². The fraction of sp³-hybridized carbons (Fsp3) is 0.0769. The highest BCUT2D eigenvalue weighted by atomic mass is 79.9. The molecule has 0 aliphatic rings. The maximum atomic E-state index is 9.49. The van der Waals surface area contributed by atoms with E-state index < -0.39 is 0 Å². The maximum absolute atomic E-state index is 9.49. The zero-order valence-electron chi connectivity index (χ0n) is 8.52. The highest BCUT2D eigenvalue weighted by molar-refractivity contribution is 9.10. The molecule has 0 amide bonds. The highest BCUT2D eigenvalue weighted by Crippen LogP contribution is 2.33. The average molecular weight is 295 g/mol. The van der Waals surface area contributed by atoms with Gasteiger partial charge in [-0.1, -0.05) is 36.4 Å². The van der Waals surface area contributed by atoms with Gasteiger partial charge < -0.3 is 5.11 Å². The zero-order chi connectivity index (χ0) is 11.5. The van der Waals surface area contributed by atoms with Crippen molar-refractivity contribution in [3.8, 4) is 5.75 Å². The van der Waals surface area contributed by atoms with Crippen LogP contribution in [0.3, 0.4) is 0 Å². The van der Waals surface area contributed by atoms with Gasteiger partial charge in [-0.15, -0.1) is 12.6 Å². The quantitative estimate of drug-likeness (QED) is 0.801. The Labute approximate surface area is 109 Å². The number of aromatic hydroxyl groups is 1. The molecule has 0 atom stereocenters. The second-order valence-electron chi connectivity index (χ2n) is 3.57. The van der Waals surface area contributed by atoms with E-state index in [1.54, 1.807) is 6.07 Å². The number of rotatable bonds is 2. The number of phenolic OH excluding ortho intramolecular Hbond substituents is 1. The molecule has 1 nitrogen and oxygen atoms in total. The fourth-order valence-electron chi connectivity index (χ4n) is 1.55. The lowest BCUT2D eigenvalue weighted by atomic mass is 10.1. The first-order valence-electron chi connectivity index (χ1n) is 4.91. The lowest BCUT2D eigenvalue weighted by molar-refractivity contribution is 0.469. The first kappa shape index (κ1) is 11.6. The number of phenols is 1. The van der Waals surface area contributed by atoms with Crippen molar-refractivity contribution in [2.75, 3.05) is 0 Å². The molecular weight excluding hydrogens is 284 g/mol. The number of thiol groups is 1. The van der Waals surface area contributed by atoms with Gasteiger partial charge >= 0.3 is 0 Å². The van der Waals surface area contributed by atoms with E-state index in [2.05, 4.69) is 40.7 Å². The Balaban J connectivity index is 2.33. The molecule has 2 aromatic rings. The topological polar surface area (TPSA) is 20.2 Å². The number of halogens is 1. The van der Waals surface area contributed by atoms with Crippen molar-refractivity contribution in [2.45, 2.75) is 11.3 Å². The van der Waals surface area contributed by atoms with Crippen molar-refractivity contribution in [3.63, 3.8) is 0 Å². The van der Waals surface area contributed by atoms with Crippen LogP contribution in [0.15, 0.2) is 51.8 Å². The Morgan fingerprint density at radius 1 is 1.06 bits per heavy atom. The summed E-state index contributed by atoms with van der Waals surface area (Å²) in [7, 11) is 0. The monoisotopic (exact) mass is 294 g/mol. The van der Waals surface area contributed by atoms with Crippen LogP contribution in [0.4, 0.5) is 0 Å². The second-order valence-corrected chi connectivity index (χ2v) is 4.81. The van der Waals surface area contributed by atoms with E-state index in [1.807, 2.05) is 24.3 Å². The predicted molar refractivity (Wildman–Crippen MR) is 72.3 cm³/mol. The summed E-state index contributed by atoms with van der Waals surface area (Å²) in [6.07, 6.45) is 0.818. The summed E-state index contributed by atoms with van der Waals surface area (Å²) in [6.45, 7) is 0. The maximum Gasteiger partial charge on any atom is 0.130 e. The molecule has 16 heavy (non-hydrogen) atoms. The lowest BCUT2D eigenvalue weighted by Crippen LogP contribution is -1.90. The summed E-state index contributed by atoms with van der Waals surface area (Å²) < 4.78 is 0.657. The van der Waals surface area contributed by atoms with Gasteiger partial charge in [-0.25, -0.2) is 0 Å². The minimum Gasteiger partial charge on any atom is -0.507 e. The van der Waals surface area contributed by atoms with Crippen molar-refractivity contribution in [2.24, 2.45) is 0 Å². The van der Waals surface area contributed by atoms with Crippen LogP contribution >= 0.6 is 28.6 Å². The molecule has 1 N–H and O–H groups in total. The SMILES string of the molecule is Oc1ccc(Cc2ccccc2)c(S)c1Br. The summed E-state index contributed by atoms with van der Waals surface area (Å²) in [5.74, 6) is 0.224. The van der Waals surface area contributed by atoms with Gasteiger partial charge in [0.15, 0.2) is 0 Å². The van der Waals surface area contributed by atoms with Gasteiger partial charge in [-0.2, -0.15) is 0 Å². The molecule has 0 bridgehead atoms. The molecule has 0 fully saturated rings. The zero-order valence-corrected chi connectivity index (χ0v) is 11.0. The van der Waals surface area contributed by atoms with E-state index >= 15 is 0 Å². The van der Waals surface area contributed by atoms with Crippen LogP contribution < -0.4 is 0 Å². The molecule has 0 saturated heterocycles. The smallest absolute Gasteiger partial charge is 0.130 e. The normalized spacial score (nSPS) is 10.4. The molecule has 2 rings (SSSR count). The summed E-state index contributed by atoms with van der Waals surface area (Å²) in [5, 5.41) is 9.49. The Morgan fingerprint density at radius 3 is 2.44 bits per heavy atom. The molecule has 0 aromatic heterocycles. The van der Waals surface area contributed by atoms with Gasteiger partial charge in [-0.3, -0.25) is 0 Å². The van der Waals surface area contributed by atoms with E-state index in [0.29, 0.717) is 4.47 Å². The van der Waals surface area contributed by atoms with Gasteiger partial charge in [-0.05, 0) is 39.5 Å². The molecule has 0 heterocycles. The average Bonchev–Trinajstić information content (AvgIpc) is 2.31. The molecule has 0 aliphatic carbocycles. The van der Waals surface area contributed by atoms with Crippen LogP contribution in [-0.2, 0) is 6.42 Å². The summed E-state index contributed by atoms with van der Waals surface area (Å²) in [4.78, 5) is 0.795. The van der Waals surface area contributed by atoms with Crippen molar-refractivity contribution in [1.82, 2.24) is 0 Å². The molecule has 0 radical (unpaired) electrons. The Bertz CT molecular complexity index is 497. The van der Waals surface area contributed by atoms with Gasteiger partial charge in [0.05, 0.1) is 4.47 Å². The van der Waals surface area contributed by atoms with Crippen molar-refractivity contribution < 1.29 is 5.11 Å². The van der Waals surface area contributed by atoms with Crippen LogP contribution in [-0.4, -0.2) is 5.11 Å². The van der Waals surface area contributed by atoms with Gasteiger partial charge in [0.25, 0.3) is 0 Å². The Hall–Kier alpha value is -0.930. The summed E-state index contributed by atoms with van der Waals surface area (Å²) >= 11 is 7.72. The molecule has 82 valence electrons. The van der Waals surface area contributed by atoms with E-state index in [0.717, 1.165) is 16.9 Å². The fourth-order valence-corrected chi connectivity index (χ4v) is 2.21.